The first-order chi connectivity index (χ1) is 12.5. The van der Waals surface area contributed by atoms with Crippen LogP contribution in [0.3, 0.4) is 0 Å². The molecule has 0 aliphatic carbocycles. The lowest BCUT2D eigenvalue weighted by Crippen LogP contribution is -2.51. The lowest BCUT2D eigenvalue weighted by molar-refractivity contribution is -0.138. The Hall–Kier alpha value is -2.25. The quantitative estimate of drug-likeness (QED) is 0.774. The van der Waals surface area contributed by atoms with Gasteiger partial charge in [-0.3, -0.25) is 19.3 Å². The van der Waals surface area contributed by atoms with Crippen molar-refractivity contribution >= 4 is 5.91 Å². The topological polar surface area (TPSA) is 57.5 Å². The van der Waals surface area contributed by atoms with E-state index < -0.39 is 0 Å². The number of nitrogens with zero attached hydrogens (tertiary/aromatic N) is 6. The van der Waals surface area contributed by atoms with Gasteiger partial charge in [0.25, 0.3) is 0 Å². The predicted octanol–water partition coefficient (Wildman–Crippen LogP) is 1.03. The first kappa shape index (κ1) is 18.5. The molecular formula is C19H28N6O. The molecule has 2 heterocycles. The van der Waals surface area contributed by atoms with E-state index in [0.717, 1.165) is 44.8 Å². The third kappa shape index (κ3) is 4.47. The highest BCUT2D eigenvalue weighted by atomic mass is 16.2. The van der Waals surface area contributed by atoms with E-state index in [0.29, 0.717) is 0 Å². The molecule has 0 saturated carbocycles. The van der Waals surface area contributed by atoms with Crippen molar-refractivity contribution in [3.05, 3.63) is 48.0 Å². The van der Waals surface area contributed by atoms with E-state index >= 15 is 0 Å². The van der Waals surface area contributed by atoms with E-state index in [1.807, 2.05) is 40.7 Å². The summed E-state index contributed by atoms with van der Waals surface area (Å²) < 4.78 is 1.84. The average Bonchev–Trinajstić information content (AvgIpc) is 3.14. The number of aromatic nitrogens is 3. The molecule has 0 bridgehead atoms. The van der Waals surface area contributed by atoms with Crippen LogP contribution in [-0.4, -0.2) is 82.2 Å². The highest BCUT2D eigenvalue weighted by Gasteiger charge is 2.30. The lowest BCUT2D eigenvalue weighted by Gasteiger charge is -2.37. The van der Waals surface area contributed by atoms with Crippen LogP contribution in [0.25, 0.3) is 0 Å². The Labute approximate surface area is 155 Å². The highest BCUT2D eigenvalue weighted by Crippen LogP contribution is 2.22. The Kier molecular flexibility index (Phi) is 6.00. The summed E-state index contributed by atoms with van der Waals surface area (Å²) in [5.41, 5.74) is 2.24. The first-order valence-corrected chi connectivity index (χ1v) is 9.11. The summed E-state index contributed by atoms with van der Waals surface area (Å²) >= 11 is 0. The van der Waals surface area contributed by atoms with Gasteiger partial charge < -0.3 is 4.90 Å². The number of aryl methyl sites for hydroxylation is 1. The van der Waals surface area contributed by atoms with Gasteiger partial charge in [-0.2, -0.15) is 5.10 Å². The molecule has 1 saturated heterocycles. The van der Waals surface area contributed by atoms with Crippen LogP contribution in [0.15, 0.2) is 36.9 Å². The Morgan fingerprint density at radius 2 is 1.96 bits per heavy atom. The molecule has 1 amide bonds. The van der Waals surface area contributed by atoms with E-state index in [1.54, 1.807) is 12.7 Å². The van der Waals surface area contributed by atoms with E-state index in [9.17, 15) is 4.79 Å². The zero-order valence-corrected chi connectivity index (χ0v) is 15.9. The summed E-state index contributed by atoms with van der Waals surface area (Å²) in [6, 6.07) is 8.02. The fourth-order valence-electron chi connectivity index (χ4n) is 3.46. The summed E-state index contributed by atoms with van der Waals surface area (Å²) in [5, 5.41) is 4.14. The van der Waals surface area contributed by atoms with Crippen LogP contribution in [0.2, 0.25) is 0 Å². The molecule has 140 valence electrons. The number of carbonyl (C=O) groups excluding carboxylic acids is 1. The molecule has 0 spiro atoms. The van der Waals surface area contributed by atoms with Crippen LogP contribution in [0, 0.1) is 6.92 Å². The summed E-state index contributed by atoms with van der Waals surface area (Å²) in [4.78, 5) is 23.5. The van der Waals surface area contributed by atoms with Gasteiger partial charge >= 0.3 is 0 Å². The molecule has 1 fully saturated rings. The minimum absolute atomic E-state index is 0.191. The van der Waals surface area contributed by atoms with Crippen LogP contribution < -0.4 is 0 Å². The van der Waals surface area contributed by atoms with Gasteiger partial charge in [-0.25, -0.2) is 4.98 Å². The molecule has 2 aromatic rings. The number of hydrogen-bond acceptors (Lipinski definition) is 5. The van der Waals surface area contributed by atoms with Gasteiger partial charge in [0.05, 0.1) is 6.54 Å². The van der Waals surface area contributed by atoms with Gasteiger partial charge in [0, 0.05) is 32.7 Å². The molecule has 1 atom stereocenters. The summed E-state index contributed by atoms with van der Waals surface area (Å²) in [6.07, 6.45) is 3.30. The van der Waals surface area contributed by atoms with Gasteiger partial charge in [0.1, 0.15) is 18.7 Å². The Balaban J connectivity index is 1.57. The molecular weight excluding hydrogens is 328 g/mol. The van der Waals surface area contributed by atoms with Crippen LogP contribution in [-0.2, 0) is 11.3 Å². The molecule has 0 radical (unpaired) electrons. The second kappa shape index (κ2) is 8.42. The van der Waals surface area contributed by atoms with Crippen molar-refractivity contribution in [3.8, 4) is 0 Å². The molecule has 1 aliphatic heterocycles. The number of amides is 1. The highest BCUT2D eigenvalue weighted by molar-refractivity contribution is 5.83. The molecule has 0 unspecified atom stereocenters. The van der Waals surface area contributed by atoms with Gasteiger partial charge in [-0.05, 0) is 26.6 Å². The van der Waals surface area contributed by atoms with Crippen molar-refractivity contribution in [3.63, 3.8) is 0 Å². The standard InChI is InChI=1S/C19H28N6O/c1-16-5-4-6-17(13-16)18(22(2)3)19(26)24-10-7-23(8-11-24)9-12-25-15-20-14-21-25/h4-6,13-15,18H,7-12H2,1-3H3/t18-/m1/s1. The number of carbonyl (C=O) groups is 1. The molecule has 3 rings (SSSR count). The van der Waals surface area contributed by atoms with E-state index in [-0.39, 0.29) is 11.9 Å². The summed E-state index contributed by atoms with van der Waals surface area (Å²) in [7, 11) is 3.94. The number of benzene rings is 1. The van der Waals surface area contributed by atoms with Crippen LogP contribution in [0.1, 0.15) is 17.2 Å². The molecule has 7 nitrogen and oxygen atoms in total. The second-order valence-electron chi connectivity index (χ2n) is 7.11. The Morgan fingerprint density at radius 1 is 1.19 bits per heavy atom. The number of piperazine rings is 1. The SMILES string of the molecule is Cc1cccc([C@H](C(=O)N2CCN(CCn3cncn3)CC2)N(C)C)c1. The maximum Gasteiger partial charge on any atom is 0.244 e. The van der Waals surface area contributed by atoms with Crippen LogP contribution >= 0.6 is 0 Å². The zero-order chi connectivity index (χ0) is 18.5. The third-order valence-electron chi connectivity index (χ3n) is 4.90. The van der Waals surface area contributed by atoms with Gasteiger partial charge in [0.15, 0.2) is 0 Å². The third-order valence-corrected chi connectivity index (χ3v) is 4.90. The van der Waals surface area contributed by atoms with Crippen molar-refractivity contribution in [1.29, 1.82) is 0 Å². The molecule has 26 heavy (non-hydrogen) atoms. The largest absolute Gasteiger partial charge is 0.338 e. The molecule has 1 aliphatic rings. The minimum Gasteiger partial charge on any atom is -0.338 e. The lowest BCUT2D eigenvalue weighted by atomic mass is 10.0. The van der Waals surface area contributed by atoms with Crippen molar-refractivity contribution in [1.82, 2.24) is 29.5 Å². The Bertz CT molecular complexity index is 707. The van der Waals surface area contributed by atoms with Crippen molar-refractivity contribution in [2.24, 2.45) is 0 Å². The predicted molar refractivity (Wildman–Crippen MR) is 101 cm³/mol. The number of hydrogen-bond donors (Lipinski definition) is 0. The second-order valence-corrected chi connectivity index (χ2v) is 7.11. The molecule has 0 N–H and O–H groups in total. The van der Waals surface area contributed by atoms with Gasteiger partial charge in [-0.1, -0.05) is 29.8 Å². The maximum atomic E-state index is 13.1. The minimum atomic E-state index is -0.225. The summed E-state index contributed by atoms with van der Waals surface area (Å²) in [5.74, 6) is 0.191. The van der Waals surface area contributed by atoms with Crippen molar-refractivity contribution < 1.29 is 4.79 Å². The van der Waals surface area contributed by atoms with E-state index in [4.69, 9.17) is 0 Å². The molecule has 7 heteroatoms. The summed E-state index contributed by atoms with van der Waals surface area (Å²) in [6.45, 7) is 7.16. The zero-order valence-electron chi connectivity index (χ0n) is 15.9. The maximum absolute atomic E-state index is 13.1. The first-order valence-electron chi connectivity index (χ1n) is 9.11. The molecule has 1 aromatic carbocycles. The fraction of sp³-hybridized carbons (Fsp3) is 0.526. The van der Waals surface area contributed by atoms with E-state index in [1.165, 1.54) is 5.56 Å². The van der Waals surface area contributed by atoms with Gasteiger partial charge in [-0.15, -0.1) is 0 Å². The van der Waals surface area contributed by atoms with Gasteiger partial charge in [0.2, 0.25) is 5.91 Å². The number of likely N-dealkylation sites (N-methyl/N-ethyl adjacent to an activating group) is 1. The number of rotatable bonds is 6. The fourth-order valence-corrected chi connectivity index (χ4v) is 3.46. The monoisotopic (exact) mass is 356 g/mol. The normalized spacial score (nSPS) is 16.8. The van der Waals surface area contributed by atoms with Crippen molar-refractivity contribution in [2.45, 2.75) is 19.5 Å². The average molecular weight is 356 g/mol. The van der Waals surface area contributed by atoms with Crippen LogP contribution in [0.4, 0.5) is 0 Å². The molecule has 1 aromatic heterocycles. The van der Waals surface area contributed by atoms with E-state index in [2.05, 4.69) is 34.0 Å². The van der Waals surface area contributed by atoms with Crippen LogP contribution in [0.5, 0.6) is 0 Å². The Morgan fingerprint density at radius 3 is 2.58 bits per heavy atom. The van der Waals surface area contributed by atoms with Crippen molar-refractivity contribution in [2.75, 3.05) is 46.8 Å². The smallest absolute Gasteiger partial charge is 0.244 e.